The van der Waals surface area contributed by atoms with Gasteiger partial charge in [-0.2, -0.15) is 0 Å². The summed E-state index contributed by atoms with van der Waals surface area (Å²) < 4.78 is 0. The van der Waals surface area contributed by atoms with Crippen molar-refractivity contribution in [2.75, 3.05) is 24.3 Å². The fourth-order valence-electron chi connectivity index (χ4n) is 2.11. The van der Waals surface area contributed by atoms with Crippen LogP contribution >= 0.6 is 0 Å². The van der Waals surface area contributed by atoms with Gasteiger partial charge in [0.15, 0.2) is 0 Å². The van der Waals surface area contributed by atoms with Gasteiger partial charge in [-0.1, -0.05) is 18.2 Å². The summed E-state index contributed by atoms with van der Waals surface area (Å²) in [5.41, 5.74) is 6.22. The molecule has 2 rings (SSSR count). The summed E-state index contributed by atoms with van der Waals surface area (Å²) >= 11 is 0. The summed E-state index contributed by atoms with van der Waals surface area (Å²) in [4.78, 5) is 2.23. The molecule has 2 nitrogen and oxygen atoms in total. The molecule has 18 heavy (non-hydrogen) atoms. The molecule has 0 fully saturated rings. The van der Waals surface area contributed by atoms with E-state index in [1.165, 1.54) is 22.5 Å². The van der Waals surface area contributed by atoms with E-state index < -0.39 is 0 Å². The SMILES string of the molecule is CNc1cccc(N(C)c2cccc(C)c2C)c1. The van der Waals surface area contributed by atoms with E-state index in [-0.39, 0.29) is 0 Å². The van der Waals surface area contributed by atoms with Crippen molar-refractivity contribution in [2.45, 2.75) is 13.8 Å². The Bertz CT molecular complexity index is 547. The lowest BCUT2D eigenvalue weighted by atomic mass is 10.1. The van der Waals surface area contributed by atoms with Crippen LogP contribution in [0.5, 0.6) is 0 Å². The van der Waals surface area contributed by atoms with Crippen LogP contribution in [0.25, 0.3) is 0 Å². The fraction of sp³-hybridized carbons (Fsp3) is 0.250. The molecule has 0 aromatic heterocycles. The fourth-order valence-corrected chi connectivity index (χ4v) is 2.11. The van der Waals surface area contributed by atoms with E-state index in [9.17, 15) is 0 Å². The summed E-state index contributed by atoms with van der Waals surface area (Å²) in [6, 6.07) is 14.8. The maximum absolute atomic E-state index is 3.17. The predicted molar refractivity (Wildman–Crippen MR) is 80.0 cm³/mol. The first-order valence-electron chi connectivity index (χ1n) is 6.21. The third kappa shape index (κ3) is 2.33. The van der Waals surface area contributed by atoms with E-state index in [4.69, 9.17) is 0 Å². The highest BCUT2D eigenvalue weighted by Crippen LogP contribution is 2.29. The predicted octanol–water partition coefficient (Wildman–Crippen LogP) is 4.11. The Morgan fingerprint density at radius 2 is 1.72 bits per heavy atom. The second kappa shape index (κ2) is 5.13. The molecular formula is C16H20N2. The molecule has 2 aromatic rings. The lowest BCUT2D eigenvalue weighted by Gasteiger charge is -2.23. The molecule has 2 aromatic carbocycles. The van der Waals surface area contributed by atoms with E-state index in [0.29, 0.717) is 0 Å². The van der Waals surface area contributed by atoms with Crippen molar-refractivity contribution in [2.24, 2.45) is 0 Å². The molecule has 2 heteroatoms. The highest BCUT2D eigenvalue weighted by atomic mass is 15.1. The average molecular weight is 240 g/mol. The molecule has 0 bridgehead atoms. The summed E-state index contributed by atoms with van der Waals surface area (Å²) in [5, 5.41) is 3.17. The van der Waals surface area contributed by atoms with Gasteiger partial charge in [0.2, 0.25) is 0 Å². The molecule has 0 amide bonds. The number of nitrogens with one attached hydrogen (secondary N) is 1. The normalized spacial score (nSPS) is 10.2. The minimum atomic E-state index is 1.13. The Labute approximate surface area is 109 Å². The number of hydrogen-bond acceptors (Lipinski definition) is 2. The van der Waals surface area contributed by atoms with Crippen LogP contribution in [0.3, 0.4) is 0 Å². The van der Waals surface area contributed by atoms with E-state index in [2.05, 4.69) is 73.6 Å². The zero-order chi connectivity index (χ0) is 13.1. The number of benzene rings is 2. The minimum absolute atomic E-state index is 1.13. The number of hydrogen-bond donors (Lipinski definition) is 1. The van der Waals surface area contributed by atoms with Crippen molar-refractivity contribution in [3.63, 3.8) is 0 Å². The van der Waals surface area contributed by atoms with Crippen LogP contribution in [0.2, 0.25) is 0 Å². The van der Waals surface area contributed by atoms with Crippen molar-refractivity contribution >= 4 is 17.1 Å². The van der Waals surface area contributed by atoms with Gasteiger partial charge >= 0.3 is 0 Å². The van der Waals surface area contributed by atoms with E-state index in [0.717, 1.165) is 5.69 Å². The van der Waals surface area contributed by atoms with Crippen molar-refractivity contribution in [3.05, 3.63) is 53.6 Å². The maximum Gasteiger partial charge on any atom is 0.0440 e. The van der Waals surface area contributed by atoms with Crippen LogP contribution in [0.4, 0.5) is 17.1 Å². The zero-order valence-corrected chi connectivity index (χ0v) is 11.5. The lowest BCUT2D eigenvalue weighted by molar-refractivity contribution is 1.17. The van der Waals surface area contributed by atoms with Crippen molar-refractivity contribution < 1.29 is 0 Å². The number of anilines is 3. The highest BCUT2D eigenvalue weighted by Gasteiger charge is 2.08. The van der Waals surface area contributed by atoms with Crippen LogP contribution in [0, 0.1) is 13.8 Å². The van der Waals surface area contributed by atoms with Gasteiger partial charge < -0.3 is 10.2 Å². The van der Waals surface area contributed by atoms with Gasteiger partial charge in [0.1, 0.15) is 0 Å². The smallest absolute Gasteiger partial charge is 0.0440 e. The molecule has 0 aliphatic rings. The molecule has 0 atom stereocenters. The van der Waals surface area contributed by atoms with Gasteiger partial charge in [-0.25, -0.2) is 0 Å². The van der Waals surface area contributed by atoms with Gasteiger partial charge in [-0.15, -0.1) is 0 Å². The summed E-state index contributed by atoms with van der Waals surface area (Å²) in [6.45, 7) is 4.32. The zero-order valence-electron chi connectivity index (χ0n) is 11.5. The summed E-state index contributed by atoms with van der Waals surface area (Å²) in [5.74, 6) is 0. The summed E-state index contributed by atoms with van der Waals surface area (Å²) in [7, 11) is 4.05. The number of nitrogens with zero attached hydrogens (tertiary/aromatic N) is 1. The van der Waals surface area contributed by atoms with Gasteiger partial charge in [-0.3, -0.25) is 0 Å². The van der Waals surface area contributed by atoms with Crippen molar-refractivity contribution in [1.82, 2.24) is 0 Å². The van der Waals surface area contributed by atoms with Gasteiger partial charge in [0.05, 0.1) is 0 Å². The number of aryl methyl sites for hydroxylation is 1. The van der Waals surface area contributed by atoms with Crippen LogP contribution < -0.4 is 10.2 Å². The first-order valence-corrected chi connectivity index (χ1v) is 6.21. The van der Waals surface area contributed by atoms with E-state index >= 15 is 0 Å². The maximum atomic E-state index is 3.17. The van der Waals surface area contributed by atoms with Gasteiger partial charge in [0.25, 0.3) is 0 Å². The molecule has 0 radical (unpaired) electrons. The standard InChI is InChI=1S/C16H20N2/c1-12-7-5-10-16(13(12)2)18(4)15-9-6-8-14(11-15)17-3/h5-11,17H,1-4H3. The van der Waals surface area contributed by atoms with Crippen LogP contribution in [0.15, 0.2) is 42.5 Å². The molecule has 0 aliphatic heterocycles. The van der Waals surface area contributed by atoms with Crippen LogP contribution in [0.1, 0.15) is 11.1 Å². The highest BCUT2D eigenvalue weighted by molar-refractivity contribution is 5.69. The molecule has 0 saturated heterocycles. The second-order valence-electron chi connectivity index (χ2n) is 4.58. The first-order chi connectivity index (χ1) is 8.63. The van der Waals surface area contributed by atoms with E-state index in [1.807, 2.05) is 7.05 Å². The second-order valence-corrected chi connectivity index (χ2v) is 4.58. The quantitative estimate of drug-likeness (QED) is 0.868. The van der Waals surface area contributed by atoms with Crippen LogP contribution in [-0.4, -0.2) is 14.1 Å². The van der Waals surface area contributed by atoms with Crippen LogP contribution in [-0.2, 0) is 0 Å². The van der Waals surface area contributed by atoms with Gasteiger partial charge in [-0.05, 0) is 49.2 Å². The number of rotatable bonds is 3. The molecule has 0 spiro atoms. The largest absolute Gasteiger partial charge is 0.388 e. The van der Waals surface area contributed by atoms with Crippen molar-refractivity contribution in [3.8, 4) is 0 Å². The average Bonchev–Trinajstić information content (AvgIpc) is 2.41. The Morgan fingerprint density at radius 1 is 1.00 bits per heavy atom. The molecule has 94 valence electrons. The summed E-state index contributed by atoms with van der Waals surface area (Å²) in [6.07, 6.45) is 0. The third-order valence-electron chi connectivity index (χ3n) is 3.46. The Balaban J connectivity index is 2.41. The lowest BCUT2D eigenvalue weighted by Crippen LogP contribution is -2.11. The monoisotopic (exact) mass is 240 g/mol. The van der Waals surface area contributed by atoms with Gasteiger partial charge in [0, 0.05) is 31.2 Å². The Morgan fingerprint density at radius 3 is 2.44 bits per heavy atom. The molecule has 0 saturated carbocycles. The third-order valence-corrected chi connectivity index (χ3v) is 3.46. The minimum Gasteiger partial charge on any atom is -0.388 e. The molecule has 1 N–H and O–H groups in total. The molecule has 0 aliphatic carbocycles. The molecule has 0 heterocycles. The van der Waals surface area contributed by atoms with Crippen molar-refractivity contribution in [1.29, 1.82) is 0 Å². The Kier molecular flexibility index (Phi) is 3.56. The topological polar surface area (TPSA) is 15.3 Å². The molecule has 0 unspecified atom stereocenters. The molecular weight excluding hydrogens is 220 g/mol. The van der Waals surface area contributed by atoms with E-state index in [1.54, 1.807) is 0 Å². The Hall–Kier alpha value is -1.96. The first kappa shape index (κ1) is 12.5.